The van der Waals surface area contributed by atoms with Crippen LogP contribution in [-0.4, -0.2) is 41.4 Å². The first-order valence-electron chi connectivity index (χ1n) is 8.97. The summed E-state index contributed by atoms with van der Waals surface area (Å²) in [6.07, 6.45) is 2.13. The normalized spacial score (nSPS) is 22.3. The standard InChI is InChI=1S/C19H21ClFN3O2S/c1-25-14-4-2-13(3-5-14)10-15-11-16(23-26-15)17-12-27-18(22-17)19(21)6-8-24(20)9-7-19/h2-5,12,15H,6-11H2,1H3. The molecule has 2 aliphatic heterocycles. The summed E-state index contributed by atoms with van der Waals surface area (Å²) in [4.78, 5) is 10.1. The van der Waals surface area contributed by atoms with Crippen molar-refractivity contribution < 1.29 is 14.0 Å². The van der Waals surface area contributed by atoms with Gasteiger partial charge in [-0.1, -0.05) is 17.3 Å². The van der Waals surface area contributed by atoms with Gasteiger partial charge in [0.15, 0.2) is 5.67 Å². The monoisotopic (exact) mass is 409 g/mol. The van der Waals surface area contributed by atoms with Gasteiger partial charge in [-0.3, -0.25) is 0 Å². The van der Waals surface area contributed by atoms with Gasteiger partial charge in [-0.2, -0.15) is 0 Å². The van der Waals surface area contributed by atoms with Crippen molar-refractivity contribution >= 4 is 28.8 Å². The highest BCUT2D eigenvalue weighted by molar-refractivity contribution is 7.10. The Hall–Kier alpha value is -1.70. The van der Waals surface area contributed by atoms with Crippen molar-refractivity contribution in [3.8, 4) is 5.75 Å². The quantitative estimate of drug-likeness (QED) is 0.691. The van der Waals surface area contributed by atoms with Crippen LogP contribution >= 0.6 is 23.1 Å². The van der Waals surface area contributed by atoms with Gasteiger partial charge < -0.3 is 9.57 Å². The molecule has 1 saturated heterocycles. The fourth-order valence-corrected chi connectivity index (χ4v) is 4.52. The molecule has 3 heterocycles. The van der Waals surface area contributed by atoms with E-state index in [0.717, 1.165) is 29.1 Å². The maximum absolute atomic E-state index is 15.2. The maximum Gasteiger partial charge on any atom is 0.164 e. The summed E-state index contributed by atoms with van der Waals surface area (Å²) in [6.45, 7) is 1.06. The van der Waals surface area contributed by atoms with Gasteiger partial charge in [0, 0.05) is 44.2 Å². The molecular formula is C19H21ClFN3O2S. The number of nitrogens with zero attached hydrogens (tertiary/aromatic N) is 3. The Labute approximate surface area is 166 Å². The average Bonchev–Trinajstić information content (AvgIpc) is 3.35. The van der Waals surface area contributed by atoms with Gasteiger partial charge in [-0.05, 0) is 29.5 Å². The molecule has 2 aromatic rings. The molecule has 144 valence electrons. The maximum atomic E-state index is 15.2. The third-order valence-electron chi connectivity index (χ3n) is 5.04. The summed E-state index contributed by atoms with van der Waals surface area (Å²) in [7, 11) is 1.65. The minimum atomic E-state index is -1.39. The number of ether oxygens (including phenoxy) is 1. The molecule has 0 N–H and O–H groups in total. The van der Waals surface area contributed by atoms with Crippen LogP contribution in [-0.2, 0) is 16.9 Å². The Morgan fingerprint density at radius 2 is 2.07 bits per heavy atom. The number of oxime groups is 1. The fraction of sp³-hybridized carbons (Fsp3) is 0.474. The molecule has 0 saturated carbocycles. The zero-order valence-electron chi connectivity index (χ0n) is 15.0. The van der Waals surface area contributed by atoms with Crippen LogP contribution in [0, 0.1) is 0 Å². The highest BCUT2D eigenvalue weighted by atomic mass is 35.5. The zero-order chi connectivity index (χ0) is 18.9. The number of halogens is 2. The second-order valence-corrected chi connectivity index (χ2v) is 8.27. The van der Waals surface area contributed by atoms with E-state index >= 15 is 4.39 Å². The van der Waals surface area contributed by atoms with Crippen molar-refractivity contribution in [3.05, 3.63) is 45.9 Å². The van der Waals surface area contributed by atoms with Crippen molar-refractivity contribution in [3.63, 3.8) is 0 Å². The number of alkyl halides is 1. The number of piperidine rings is 1. The molecule has 0 amide bonds. The highest BCUT2D eigenvalue weighted by Crippen LogP contribution is 2.39. The van der Waals surface area contributed by atoms with Gasteiger partial charge in [0.05, 0.1) is 12.8 Å². The second kappa shape index (κ2) is 7.73. The lowest BCUT2D eigenvalue weighted by Crippen LogP contribution is -2.35. The van der Waals surface area contributed by atoms with Gasteiger partial charge in [0.1, 0.15) is 22.6 Å². The molecule has 5 nitrogen and oxygen atoms in total. The molecule has 4 rings (SSSR count). The van der Waals surface area contributed by atoms with Crippen LogP contribution in [0.1, 0.15) is 35.5 Å². The summed E-state index contributed by atoms with van der Waals surface area (Å²) in [6, 6.07) is 7.92. The van der Waals surface area contributed by atoms with Gasteiger partial charge in [-0.25, -0.2) is 13.8 Å². The molecule has 0 bridgehead atoms. The van der Waals surface area contributed by atoms with Gasteiger partial charge in [0.25, 0.3) is 0 Å². The van der Waals surface area contributed by atoms with Crippen molar-refractivity contribution in [2.45, 2.75) is 37.5 Å². The van der Waals surface area contributed by atoms with Crippen molar-refractivity contribution in [2.24, 2.45) is 5.16 Å². The van der Waals surface area contributed by atoms with Crippen LogP contribution in [0.3, 0.4) is 0 Å². The van der Waals surface area contributed by atoms with Gasteiger partial charge >= 0.3 is 0 Å². The number of rotatable bonds is 5. The van der Waals surface area contributed by atoms with Crippen molar-refractivity contribution in [1.29, 1.82) is 0 Å². The zero-order valence-corrected chi connectivity index (χ0v) is 16.6. The fourth-order valence-electron chi connectivity index (χ4n) is 3.37. The first-order valence-corrected chi connectivity index (χ1v) is 10.2. The number of hydrogen-bond donors (Lipinski definition) is 0. The predicted octanol–water partition coefficient (Wildman–Crippen LogP) is 4.30. The first kappa shape index (κ1) is 18.7. The SMILES string of the molecule is COc1ccc(CC2CC(c3csc(C4(F)CCN(Cl)CC4)n3)=NO2)cc1. The molecule has 1 atom stereocenters. The first-order chi connectivity index (χ1) is 13.1. The Kier molecular flexibility index (Phi) is 5.34. The van der Waals surface area contributed by atoms with Crippen molar-refractivity contribution in [2.75, 3.05) is 20.2 Å². The van der Waals surface area contributed by atoms with E-state index in [1.54, 1.807) is 11.5 Å². The lowest BCUT2D eigenvalue weighted by atomic mass is 9.95. The smallest absolute Gasteiger partial charge is 0.164 e. The molecular weight excluding hydrogens is 389 g/mol. The Morgan fingerprint density at radius 3 is 2.78 bits per heavy atom. The van der Waals surface area contributed by atoms with Crippen LogP contribution < -0.4 is 4.74 Å². The van der Waals surface area contributed by atoms with E-state index < -0.39 is 5.67 Å². The summed E-state index contributed by atoms with van der Waals surface area (Å²) in [5.41, 5.74) is 1.27. The largest absolute Gasteiger partial charge is 0.497 e. The third-order valence-corrected chi connectivity index (χ3v) is 6.40. The molecule has 2 aliphatic rings. The molecule has 8 heteroatoms. The van der Waals surface area contributed by atoms with E-state index in [1.807, 2.05) is 29.6 Å². The molecule has 0 radical (unpaired) electrons. The van der Waals surface area contributed by atoms with E-state index in [9.17, 15) is 0 Å². The third kappa shape index (κ3) is 4.10. The summed E-state index contributed by atoms with van der Waals surface area (Å²) in [5.74, 6) is 0.832. The number of methoxy groups -OCH3 is 1. The molecule has 0 aliphatic carbocycles. The Bertz CT molecular complexity index is 819. The van der Waals surface area contributed by atoms with E-state index in [-0.39, 0.29) is 6.10 Å². The average molecular weight is 410 g/mol. The van der Waals surface area contributed by atoms with Crippen LogP contribution in [0.4, 0.5) is 4.39 Å². The van der Waals surface area contributed by atoms with Gasteiger partial charge in [0.2, 0.25) is 0 Å². The minimum Gasteiger partial charge on any atom is -0.497 e. The van der Waals surface area contributed by atoms with E-state index in [0.29, 0.717) is 37.4 Å². The predicted molar refractivity (Wildman–Crippen MR) is 104 cm³/mol. The Balaban J connectivity index is 1.38. The van der Waals surface area contributed by atoms with Crippen LogP contribution in [0.2, 0.25) is 0 Å². The van der Waals surface area contributed by atoms with E-state index in [2.05, 4.69) is 10.1 Å². The van der Waals surface area contributed by atoms with Crippen molar-refractivity contribution in [1.82, 2.24) is 9.40 Å². The second-order valence-electron chi connectivity index (χ2n) is 6.93. The number of hydrogen-bond acceptors (Lipinski definition) is 6. The summed E-state index contributed by atoms with van der Waals surface area (Å²) in [5, 5.41) is 6.59. The van der Waals surface area contributed by atoms with Crippen LogP contribution in [0.5, 0.6) is 5.75 Å². The van der Waals surface area contributed by atoms with Gasteiger partial charge in [-0.15, -0.1) is 11.3 Å². The van der Waals surface area contributed by atoms with E-state index in [4.69, 9.17) is 21.4 Å². The molecule has 27 heavy (non-hydrogen) atoms. The number of thiazole rings is 1. The topological polar surface area (TPSA) is 47.0 Å². The molecule has 0 spiro atoms. The van der Waals surface area contributed by atoms with Crippen LogP contribution in [0.15, 0.2) is 34.8 Å². The number of benzene rings is 1. The molecule has 1 fully saturated rings. The van der Waals surface area contributed by atoms with E-state index in [1.165, 1.54) is 11.3 Å². The summed E-state index contributed by atoms with van der Waals surface area (Å²) >= 11 is 7.30. The summed E-state index contributed by atoms with van der Waals surface area (Å²) < 4.78 is 22.0. The molecule has 1 unspecified atom stereocenters. The lowest BCUT2D eigenvalue weighted by Gasteiger charge is -2.31. The minimum absolute atomic E-state index is 0.0302. The number of aromatic nitrogens is 1. The van der Waals surface area contributed by atoms with Crippen LogP contribution in [0.25, 0.3) is 0 Å². The Morgan fingerprint density at radius 1 is 1.33 bits per heavy atom. The molecule has 1 aromatic carbocycles. The lowest BCUT2D eigenvalue weighted by molar-refractivity contribution is 0.0858. The molecule has 1 aromatic heterocycles. The highest BCUT2D eigenvalue weighted by Gasteiger charge is 2.39.